The minimum atomic E-state index is -0.280. The first-order valence-corrected chi connectivity index (χ1v) is 10.5. The van der Waals surface area contributed by atoms with Gasteiger partial charge in [0.2, 0.25) is 0 Å². The number of nitrogens with zero attached hydrogens (tertiary/aromatic N) is 2. The highest BCUT2D eigenvalue weighted by Gasteiger charge is 2.23. The van der Waals surface area contributed by atoms with Crippen LogP contribution in [0.15, 0.2) is 63.7 Å². The van der Waals surface area contributed by atoms with Gasteiger partial charge in [-0.15, -0.1) is 0 Å². The SMILES string of the molecule is CCN1CCC(c2ccc3cc(C4=CN5C=C(C)NC5C=C4)c(=O)oc3c2)CC1. The third-order valence-electron chi connectivity index (χ3n) is 6.36. The topological polar surface area (TPSA) is 48.7 Å². The van der Waals surface area contributed by atoms with Crippen molar-refractivity contribution in [1.29, 1.82) is 0 Å². The van der Waals surface area contributed by atoms with Crippen molar-refractivity contribution >= 4 is 16.5 Å². The molecule has 0 spiro atoms. The van der Waals surface area contributed by atoms with Gasteiger partial charge in [0, 0.05) is 29.1 Å². The van der Waals surface area contributed by atoms with Crippen LogP contribution in [-0.4, -0.2) is 35.6 Å². The maximum absolute atomic E-state index is 12.8. The van der Waals surface area contributed by atoms with E-state index in [1.165, 1.54) is 5.56 Å². The van der Waals surface area contributed by atoms with E-state index in [2.05, 4.69) is 46.3 Å². The first-order chi connectivity index (χ1) is 14.1. The van der Waals surface area contributed by atoms with Crippen LogP contribution in [0.2, 0.25) is 0 Å². The van der Waals surface area contributed by atoms with Gasteiger partial charge in [-0.25, -0.2) is 4.79 Å². The van der Waals surface area contributed by atoms with E-state index in [-0.39, 0.29) is 11.8 Å². The van der Waals surface area contributed by atoms with Gasteiger partial charge in [-0.3, -0.25) is 0 Å². The Morgan fingerprint density at radius 1 is 1.17 bits per heavy atom. The van der Waals surface area contributed by atoms with Crippen LogP contribution in [-0.2, 0) is 0 Å². The number of hydrogen-bond acceptors (Lipinski definition) is 5. The van der Waals surface area contributed by atoms with E-state index in [4.69, 9.17) is 4.42 Å². The van der Waals surface area contributed by atoms with Crippen molar-refractivity contribution in [1.82, 2.24) is 15.1 Å². The summed E-state index contributed by atoms with van der Waals surface area (Å²) < 4.78 is 5.76. The third-order valence-corrected chi connectivity index (χ3v) is 6.36. The van der Waals surface area contributed by atoms with Crippen molar-refractivity contribution in [2.45, 2.75) is 38.8 Å². The van der Waals surface area contributed by atoms with Crippen LogP contribution in [0.3, 0.4) is 0 Å². The zero-order valence-corrected chi connectivity index (χ0v) is 17.0. The Morgan fingerprint density at radius 3 is 2.79 bits per heavy atom. The van der Waals surface area contributed by atoms with Crippen molar-refractivity contribution in [3.05, 3.63) is 76.1 Å². The molecule has 3 aliphatic heterocycles. The van der Waals surface area contributed by atoms with Crippen molar-refractivity contribution in [2.24, 2.45) is 0 Å². The molecule has 1 N–H and O–H groups in total. The van der Waals surface area contributed by atoms with Crippen LogP contribution in [0, 0.1) is 0 Å². The maximum atomic E-state index is 12.8. The molecule has 1 saturated heterocycles. The van der Waals surface area contributed by atoms with Crippen LogP contribution in [0.25, 0.3) is 16.5 Å². The zero-order chi connectivity index (χ0) is 20.0. The number of likely N-dealkylation sites (tertiary alicyclic amines) is 1. The van der Waals surface area contributed by atoms with E-state index < -0.39 is 0 Å². The molecule has 2 aromatic rings. The first kappa shape index (κ1) is 18.3. The second-order valence-corrected chi connectivity index (χ2v) is 8.25. The van der Waals surface area contributed by atoms with Crippen LogP contribution >= 0.6 is 0 Å². The summed E-state index contributed by atoms with van der Waals surface area (Å²) in [5.74, 6) is 0.547. The minimum Gasteiger partial charge on any atom is -0.422 e. The maximum Gasteiger partial charge on any atom is 0.344 e. The minimum absolute atomic E-state index is 0.132. The number of benzene rings is 1. The molecule has 1 unspecified atom stereocenters. The van der Waals surface area contributed by atoms with Crippen LogP contribution in [0.1, 0.15) is 43.7 Å². The first-order valence-electron chi connectivity index (χ1n) is 10.5. The van der Waals surface area contributed by atoms with E-state index in [0.29, 0.717) is 17.1 Å². The number of piperidine rings is 1. The van der Waals surface area contributed by atoms with Gasteiger partial charge >= 0.3 is 5.63 Å². The molecule has 1 atom stereocenters. The van der Waals surface area contributed by atoms with Gasteiger partial charge in [-0.2, -0.15) is 0 Å². The van der Waals surface area contributed by atoms with Crippen molar-refractivity contribution in [3.63, 3.8) is 0 Å². The quantitative estimate of drug-likeness (QED) is 0.805. The summed E-state index contributed by atoms with van der Waals surface area (Å²) in [5, 5.41) is 4.34. The fourth-order valence-corrected chi connectivity index (χ4v) is 4.64. The summed E-state index contributed by atoms with van der Waals surface area (Å²) in [6.45, 7) is 7.66. The number of rotatable bonds is 3. The lowest BCUT2D eigenvalue weighted by Gasteiger charge is -2.31. The average molecular weight is 389 g/mol. The van der Waals surface area contributed by atoms with E-state index in [0.717, 1.165) is 49.1 Å². The van der Waals surface area contributed by atoms with Crippen LogP contribution in [0.4, 0.5) is 0 Å². The Morgan fingerprint density at radius 2 is 2.00 bits per heavy atom. The Labute approximate surface area is 171 Å². The number of hydrogen-bond donors (Lipinski definition) is 1. The summed E-state index contributed by atoms with van der Waals surface area (Å²) in [7, 11) is 0. The molecule has 0 saturated carbocycles. The monoisotopic (exact) mass is 389 g/mol. The molecule has 150 valence electrons. The van der Waals surface area contributed by atoms with E-state index in [1.54, 1.807) is 0 Å². The number of nitrogens with one attached hydrogen (secondary N) is 1. The number of allylic oxidation sites excluding steroid dienone is 3. The largest absolute Gasteiger partial charge is 0.422 e. The Balaban J connectivity index is 1.45. The third kappa shape index (κ3) is 3.40. The molecule has 1 aromatic carbocycles. The molecule has 1 aromatic heterocycles. The van der Waals surface area contributed by atoms with E-state index in [9.17, 15) is 4.79 Å². The molecule has 5 nitrogen and oxygen atoms in total. The molecule has 3 aliphatic rings. The summed E-state index contributed by atoms with van der Waals surface area (Å²) in [6, 6.07) is 8.34. The number of fused-ring (bicyclic) bond motifs is 2. The van der Waals surface area contributed by atoms with Gasteiger partial charge in [0.15, 0.2) is 0 Å². The van der Waals surface area contributed by atoms with Gasteiger partial charge in [0.25, 0.3) is 0 Å². The summed E-state index contributed by atoms with van der Waals surface area (Å²) in [6.07, 6.45) is 10.6. The molecule has 5 heteroatoms. The van der Waals surface area contributed by atoms with Gasteiger partial charge in [-0.05, 0) is 69.1 Å². The molecule has 0 radical (unpaired) electrons. The van der Waals surface area contributed by atoms with Gasteiger partial charge < -0.3 is 19.5 Å². The molecule has 5 rings (SSSR count). The molecule has 29 heavy (non-hydrogen) atoms. The normalized spacial score (nSPS) is 22.4. The fraction of sp³-hybridized carbons (Fsp3) is 0.375. The molecule has 1 fully saturated rings. The summed E-state index contributed by atoms with van der Waals surface area (Å²) >= 11 is 0. The molecule has 0 aliphatic carbocycles. The highest BCUT2D eigenvalue weighted by Crippen LogP contribution is 2.31. The van der Waals surface area contributed by atoms with E-state index in [1.807, 2.05) is 31.5 Å². The van der Waals surface area contributed by atoms with Gasteiger partial charge in [0.05, 0.1) is 5.56 Å². The highest BCUT2D eigenvalue weighted by atomic mass is 16.4. The Bertz CT molecular complexity index is 1090. The lowest BCUT2D eigenvalue weighted by molar-refractivity contribution is 0.222. The van der Waals surface area contributed by atoms with Crippen molar-refractivity contribution in [3.8, 4) is 0 Å². The fourth-order valence-electron chi connectivity index (χ4n) is 4.64. The Hall–Kier alpha value is -2.79. The second-order valence-electron chi connectivity index (χ2n) is 8.25. The molecule has 0 amide bonds. The standard InChI is InChI=1S/C24H27N3O2/c1-3-26-10-8-17(9-11-26)18-4-5-19-12-21(24(28)29-22(19)13-18)20-6-7-23-25-16(2)14-27(23)15-20/h4-7,12-15,17,23,25H,3,8-11H2,1-2H3. The lowest BCUT2D eigenvalue weighted by Crippen LogP contribution is -2.32. The van der Waals surface area contributed by atoms with Gasteiger partial charge in [0.1, 0.15) is 11.7 Å². The molecular formula is C24H27N3O2. The summed E-state index contributed by atoms with van der Waals surface area (Å²) in [4.78, 5) is 17.3. The van der Waals surface area contributed by atoms with E-state index >= 15 is 0 Å². The average Bonchev–Trinajstić information content (AvgIpc) is 3.12. The van der Waals surface area contributed by atoms with Crippen LogP contribution < -0.4 is 10.9 Å². The van der Waals surface area contributed by atoms with Gasteiger partial charge in [-0.1, -0.05) is 25.1 Å². The molecule has 4 heterocycles. The predicted octanol–water partition coefficient (Wildman–Crippen LogP) is 4.00. The predicted molar refractivity (Wildman–Crippen MR) is 116 cm³/mol. The summed E-state index contributed by atoms with van der Waals surface area (Å²) in [5.41, 5.74) is 4.28. The smallest absolute Gasteiger partial charge is 0.344 e. The zero-order valence-electron chi connectivity index (χ0n) is 17.0. The molecule has 0 bridgehead atoms. The van der Waals surface area contributed by atoms with Crippen molar-refractivity contribution < 1.29 is 4.42 Å². The second kappa shape index (κ2) is 7.23. The Kier molecular flexibility index (Phi) is 4.55. The van der Waals surface area contributed by atoms with Crippen LogP contribution in [0.5, 0.6) is 0 Å². The molecular weight excluding hydrogens is 362 g/mol. The van der Waals surface area contributed by atoms with Crippen molar-refractivity contribution in [2.75, 3.05) is 19.6 Å². The highest BCUT2D eigenvalue weighted by molar-refractivity contribution is 5.84. The lowest BCUT2D eigenvalue weighted by atomic mass is 9.89.